The Balaban J connectivity index is 2.15. The first-order chi connectivity index (χ1) is 12.0. The van der Waals surface area contributed by atoms with Gasteiger partial charge in [-0.2, -0.15) is 0 Å². The molecule has 5 nitrogen and oxygen atoms in total. The molecule has 0 aromatic heterocycles. The number of alkyl halides is 1. The first kappa shape index (κ1) is 18.9. The number of carbonyl (C=O) groups excluding carboxylic acids is 1. The molecular weight excluding hydrogens is 350 g/mol. The van der Waals surface area contributed by atoms with Crippen LogP contribution in [0.5, 0.6) is 0 Å². The number of rotatable bonds is 5. The van der Waals surface area contributed by atoms with Gasteiger partial charge in [0.05, 0.1) is 11.4 Å². The quantitative estimate of drug-likeness (QED) is 0.641. The first-order valence-electron chi connectivity index (χ1n) is 7.66. The van der Waals surface area contributed by atoms with E-state index in [2.05, 4.69) is 11.6 Å². The lowest BCUT2D eigenvalue weighted by Crippen LogP contribution is -2.49. The number of allylic oxidation sites excluding steroid dienone is 1. The van der Waals surface area contributed by atoms with Gasteiger partial charge >= 0.3 is 0 Å². The van der Waals surface area contributed by atoms with Crippen LogP contribution >= 0.6 is 11.6 Å². The Hall–Kier alpha value is -2.41. The molecule has 0 bridgehead atoms. The van der Waals surface area contributed by atoms with Crippen LogP contribution in [-0.4, -0.2) is 49.1 Å². The van der Waals surface area contributed by atoms with Gasteiger partial charge in [-0.05, 0) is 24.4 Å². The van der Waals surface area contributed by atoms with Crippen molar-refractivity contribution in [2.24, 2.45) is 10.7 Å². The number of nitrogens with two attached hydrogens (primary N) is 1. The van der Waals surface area contributed by atoms with Crippen LogP contribution in [0.2, 0.25) is 0 Å². The molecule has 0 saturated carbocycles. The summed E-state index contributed by atoms with van der Waals surface area (Å²) in [5.74, 6) is -2.21. The molecule has 0 spiro atoms. The third-order valence-electron chi connectivity index (χ3n) is 3.89. The largest absolute Gasteiger partial charge is 0.405 e. The van der Waals surface area contributed by atoms with Crippen LogP contribution in [0.25, 0.3) is 5.70 Å². The fourth-order valence-corrected chi connectivity index (χ4v) is 2.71. The Kier molecular flexibility index (Phi) is 6.52. The number of piperazine rings is 1. The molecule has 8 heteroatoms. The predicted octanol–water partition coefficient (Wildman–Crippen LogP) is 2.37. The van der Waals surface area contributed by atoms with Crippen molar-refractivity contribution in [3.8, 4) is 0 Å². The summed E-state index contributed by atoms with van der Waals surface area (Å²) >= 11 is 5.53. The molecular formula is C17H19ClF2N4O. The summed E-state index contributed by atoms with van der Waals surface area (Å²) in [4.78, 5) is 18.8. The standard InChI is InChI=1S/C17H19ClF2N4O/c1-12(22-6-2-5-21)13-3-4-14(17(20)16(13)19)23-7-9-24(10-8-23)15(25)11-18/h2-6H,1,7-11,21H2/b5-2-,22-6-. The van der Waals surface area contributed by atoms with Gasteiger partial charge in [0.25, 0.3) is 0 Å². The molecule has 0 unspecified atom stereocenters. The molecule has 1 amide bonds. The van der Waals surface area contributed by atoms with Crippen LogP contribution in [0.15, 0.2) is 36.0 Å². The Bertz CT molecular complexity index is 713. The number of hydrogen-bond acceptors (Lipinski definition) is 4. The van der Waals surface area contributed by atoms with Crippen molar-refractivity contribution in [3.05, 3.63) is 48.2 Å². The number of hydrogen-bond donors (Lipinski definition) is 1. The second kappa shape index (κ2) is 8.62. The summed E-state index contributed by atoms with van der Waals surface area (Å²) in [5.41, 5.74) is 5.41. The SMILES string of the molecule is C=C(/N=C\C=C/N)c1ccc(N2CCN(C(=O)CCl)CC2)c(F)c1F. The molecule has 1 saturated heterocycles. The second-order valence-corrected chi connectivity index (χ2v) is 5.64. The topological polar surface area (TPSA) is 61.9 Å². The van der Waals surface area contributed by atoms with Gasteiger partial charge in [0, 0.05) is 38.0 Å². The summed E-state index contributed by atoms with van der Waals surface area (Å²) in [5, 5.41) is 0. The van der Waals surface area contributed by atoms with E-state index in [1.165, 1.54) is 30.6 Å². The van der Waals surface area contributed by atoms with Crippen molar-refractivity contribution in [1.29, 1.82) is 0 Å². The summed E-state index contributed by atoms with van der Waals surface area (Å²) < 4.78 is 28.8. The van der Waals surface area contributed by atoms with Crippen molar-refractivity contribution in [2.45, 2.75) is 0 Å². The van der Waals surface area contributed by atoms with E-state index in [1.807, 2.05) is 0 Å². The van der Waals surface area contributed by atoms with Crippen LogP contribution in [0.1, 0.15) is 5.56 Å². The van der Waals surface area contributed by atoms with E-state index in [9.17, 15) is 13.6 Å². The Morgan fingerprint density at radius 3 is 2.56 bits per heavy atom. The molecule has 1 aromatic carbocycles. The van der Waals surface area contributed by atoms with Gasteiger partial charge in [-0.3, -0.25) is 9.79 Å². The van der Waals surface area contributed by atoms with E-state index >= 15 is 0 Å². The number of amides is 1. The Morgan fingerprint density at radius 1 is 1.28 bits per heavy atom. The maximum Gasteiger partial charge on any atom is 0.237 e. The number of carbonyl (C=O) groups is 1. The van der Waals surface area contributed by atoms with Crippen LogP contribution < -0.4 is 10.6 Å². The lowest BCUT2D eigenvalue weighted by atomic mass is 10.1. The third-order valence-corrected chi connectivity index (χ3v) is 4.12. The van der Waals surface area contributed by atoms with Crippen molar-refractivity contribution >= 4 is 35.1 Å². The molecule has 134 valence electrons. The maximum atomic E-state index is 14.5. The number of aliphatic imine (C=N–C) groups is 1. The van der Waals surface area contributed by atoms with Crippen molar-refractivity contribution < 1.29 is 13.6 Å². The minimum absolute atomic E-state index is 0.0149. The van der Waals surface area contributed by atoms with Gasteiger partial charge in [-0.25, -0.2) is 8.78 Å². The van der Waals surface area contributed by atoms with Crippen LogP contribution in [0.4, 0.5) is 14.5 Å². The second-order valence-electron chi connectivity index (χ2n) is 5.37. The fourth-order valence-electron chi connectivity index (χ4n) is 2.54. The van der Waals surface area contributed by atoms with E-state index < -0.39 is 11.6 Å². The average Bonchev–Trinajstić information content (AvgIpc) is 2.63. The van der Waals surface area contributed by atoms with E-state index in [-0.39, 0.29) is 28.7 Å². The number of halogens is 3. The van der Waals surface area contributed by atoms with Crippen molar-refractivity contribution in [3.63, 3.8) is 0 Å². The molecule has 1 aliphatic heterocycles. The van der Waals surface area contributed by atoms with E-state index in [0.29, 0.717) is 26.2 Å². The molecule has 2 rings (SSSR count). The highest BCUT2D eigenvalue weighted by atomic mass is 35.5. The van der Waals surface area contributed by atoms with E-state index in [4.69, 9.17) is 17.3 Å². The first-order valence-corrected chi connectivity index (χ1v) is 8.20. The fraction of sp³-hybridized carbons (Fsp3) is 0.294. The molecule has 0 radical (unpaired) electrons. The zero-order chi connectivity index (χ0) is 18.4. The van der Waals surface area contributed by atoms with E-state index in [1.54, 1.807) is 9.80 Å². The molecule has 25 heavy (non-hydrogen) atoms. The van der Waals surface area contributed by atoms with E-state index in [0.717, 1.165) is 0 Å². The highest BCUT2D eigenvalue weighted by Gasteiger charge is 2.24. The van der Waals surface area contributed by atoms with Crippen LogP contribution in [-0.2, 0) is 4.79 Å². The zero-order valence-electron chi connectivity index (χ0n) is 13.6. The number of nitrogens with zero attached hydrogens (tertiary/aromatic N) is 3. The summed E-state index contributed by atoms with van der Waals surface area (Å²) in [6, 6.07) is 2.93. The Morgan fingerprint density at radius 2 is 1.96 bits per heavy atom. The third kappa shape index (κ3) is 4.36. The molecule has 1 fully saturated rings. The number of anilines is 1. The highest BCUT2D eigenvalue weighted by molar-refractivity contribution is 6.27. The number of benzene rings is 1. The summed E-state index contributed by atoms with van der Waals surface area (Å²) in [6.45, 7) is 5.26. The zero-order valence-corrected chi connectivity index (χ0v) is 14.3. The van der Waals surface area contributed by atoms with Crippen LogP contribution in [0, 0.1) is 11.6 Å². The minimum Gasteiger partial charge on any atom is -0.405 e. The minimum atomic E-state index is -1.00. The molecule has 1 heterocycles. The van der Waals surface area contributed by atoms with Gasteiger partial charge in [0.1, 0.15) is 5.88 Å². The summed E-state index contributed by atoms with van der Waals surface area (Å²) in [7, 11) is 0. The molecule has 0 aliphatic carbocycles. The molecule has 1 aliphatic rings. The monoisotopic (exact) mass is 368 g/mol. The summed E-state index contributed by atoms with van der Waals surface area (Å²) in [6.07, 6.45) is 4.07. The molecule has 0 atom stereocenters. The van der Waals surface area contributed by atoms with Crippen LogP contribution in [0.3, 0.4) is 0 Å². The predicted molar refractivity (Wildman–Crippen MR) is 96.7 cm³/mol. The Labute approximate surface area is 150 Å². The van der Waals surface area contributed by atoms with Crippen molar-refractivity contribution in [2.75, 3.05) is 37.0 Å². The van der Waals surface area contributed by atoms with Gasteiger partial charge in [-0.1, -0.05) is 6.58 Å². The smallest absolute Gasteiger partial charge is 0.237 e. The van der Waals surface area contributed by atoms with Gasteiger partial charge in [0.2, 0.25) is 5.91 Å². The highest BCUT2D eigenvalue weighted by Crippen LogP contribution is 2.28. The van der Waals surface area contributed by atoms with Gasteiger partial charge in [0.15, 0.2) is 11.6 Å². The average molecular weight is 369 g/mol. The van der Waals surface area contributed by atoms with Gasteiger partial charge in [-0.15, -0.1) is 11.6 Å². The maximum absolute atomic E-state index is 14.5. The lowest BCUT2D eigenvalue weighted by molar-refractivity contribution is -0.128. The van der Waals surface area contributed by atoms with Crippen molar-refractivity contribution in [1.82, 2.24) is 4.90 Å². The normalized spacial score (nSPS) is 15.3. The molecule has 1 aromatic rings. The molecule has 2 N–H and O–H groups in total. The van der Waals surface area contributed by atoms with Gasteiger partial charge < -0.3 is 15.5 Å². The lowest BCUT2D eigenvalue weighted by Gasteiger charge is -2.36.